The molecule has 0 saturated carbocycles. The lowest BCUT2D eigenvalue weighted by molar-refractivity contribution is 0.0572. The van der Waals surface area contributed by atoms with Crippen LogP contribution in [0, 0.1) is 0 Å². The summed E-state index contributed by atoms with van der Waals surface area (Å²) in [5.74, 6) is 0.771. The third-order valence-corrected chi connectivity index (χ3v) is 4.79. The predicted octanol–water partition coefficient (Wildman–Crippen LogP) is 3.83. The van der Waals surface area contributed by atoms with Gasteiger partial charge >= 0.3 is 0 Å². The van der Waals surface area contributed by atoms with Crippen LogP contribution in [-0.2, 0) is 6.54 Å². The van der Waals surface area contributed by atoms with Gasteiger partial charge in [0.25, 0.3) is 0 Å². The summed E-state index contributed by atoms with van der Waals surface area (Å²) in [7, 11) is 0. The van der Waals surface area contributed by atoms with Crippen molar-refractivity contribution in [1.82, 2.24) is 5.32 Å². The number of thioether (sulfide) groups is 1. The van der Waals surface area contributed by atoms with Crippen LogP contribution in [0.25, 0.3) is 0 Å². The smallest absolute Gasteiger partial charge is 0.0736 e. The molecule has 0 radical (unpaired) electrons. The fourth-order valence-electron chi connectivity index (χ4n) is 1.78. The second-order valence-electron chi connectivity index (χ2n) is 5.04. The Labute approximate surface area is 122 Å². The van der Waals surface area contributed by atoms with Gasteiger partial charge in [0.05, 0.1) is 5.60 Å². The first-order chi connectivity index (χ1) is 9.13. The highest BCUT2D eigenvalue weighted by molar-refractivity contribution is 7.99. The fraction of sp³-hybridized carbons (Fsp3) is 0.625. The Balaban J connectivity index is 2.43. The molecule has 19 heavy (non-hydrogen) atoms. The Morgan fingerprint density at radius 1 is 1.11 bits per heavy atom. The molecule has 0 aliphatic rings. The largest absolute Gasteiger partial charge is 0.389 e. The third-order valence-electron chi connectivity index (χ3n) is 3.50. The van der Waals surface area contributed by atoms with Crippen LogP contribution in [0.15, 0.2) is 29.2 Å². The maximum Gasteiger partial charge on any atom is 0.0736 e. The van der Waals surface area contributed by atoms with E-state index < -0.39 is 5.60 Å². The van der Waals surface area contributed by atoms with E-state index in [1.807, 2.05) is 13.8 Å². The minimum Gasteiger partial charge on any atom is -0.389 e. The summed E-state index contributed by atoms with van der Waals surface area (Å²) in [6, 6.07) is 8.64. The highest BCUT2D eigenvalue weighted by Crippen LogP contribution is 2.26. The molecule has 0 aromatic heterocycles. The fourth-order valence-corrected chi connectivity index (χ4v) is 2.96. The van der Waals surface area contributed by atoms with E-state index in [2.05, 4.69) is 36.5 Å². The Bertz CT molecular complexity index is 346. The lowest BCUT2D eigenvalue weighted by Crippen LogP contribution is -2.29. The Hall–Kier alpha value is -0.510. The molecule has 0 aliphatic heterocycles. The van der Waals surface area contributed by atoms with Gasteiger partial charge in [0.1, 0.15) is 0 Å². The van der Waals surface area contributed by atoms with Crippen molar-refractivity contribution in [2.24, 2.45) is 0 Å². The van der Waals surface area contributed by atoms with Crippen molar-refractivity contribution >= 4 is 11.8 Å². The van der Waals surface area contributed by atoms with Crippen LogP contribution in [0.2, 0.25) is 0 Å². The van der Waals surface area contributed by atoms with E-state index >= 15 is 0 Å². The summed E-state index contributed by atoms with van der Waals surface area (Å²) < 4.78 is 0. The second kappa shape index (κ2) is 8.62. The van der Waals surface area contributed by atoms with Gasteiger partial charge in [-0.3, -0.25) is 0 Å². The van der Waals surface area contributed by atoms with Gasteiger partial charge in [-0.1, -0.05) is 32.9 Å². The average Bonchev–Trinajstić information content (AvgIpc) is 2.46. The molecule has 0 amide bonds. The van der Waals surface area contributed by atoms with Crippen LogP contribution in [0.5, 0.6) is 0 Å². The first-order valence-corrected chi connectivity index (χ1v) is 8.27. The van der Waals surface area contributed by atoms with Gasteiger partial charge in [-0.25, -0.2) is 0 Å². The summed E-state index contributed by atoms with van der Waals surface area (Å²) in [4.78, 5) is 1.24. The van der Waals surface area contributed by atoms with E-state index in [9.17, 15) is 5.11 Å². The quantitative estimate of drug-likeness (QED) is 0.533. The van der Waals surface area contributed by atoms with Gasteiger partial charge in [-0.2, -0.15) is 0 Å². The van der Waals surface area contributed by atoms with Crippen LogP contribution < -0.4 is 5.32 Å². The zero-order chi connectivity index (χ0) is 14.1. The monoisotopic (exact) mass is 281 g/mol. The van der Waals surface area contributed by atoms with E-state index in [1.165, 1.54) is 16.9 Å². The predicted molar refractivity (Wildman–Crippen MR) is 84.7 cm³/mol. The summed E-state index contributed by atoms with van der Waals surface area (Å²) >= 11 is 1.74. The van der Waals surface area contributed by atoms with E-state index in [1.54, 1.807) is 11.8 Å². The van der Waals surface area contributed by atoms with Gasteiger partial charge in [0, 0.05) is 17.2 Å². The van der Waals surface area contributed by atoms with Crippen LogP contribution >= 0.6 is 11.8 Å². The lowest BCUT2D eigenvalue weighted by Gasteiger charge is -2.24. The summed E-state index contributed by atoms with van der Waals surface area (Å²) in [5.41, 5.74) is 0.797. The minimum absolute atomic E-state index is 0.522. The summed E-state index contributed by atoms with van der Waals surface area (Å²) in [5, 5.41) is 13.7. The average molecular weight is 281 g/mol. The topological polar surface area (TPSA) is 32.3 Å². The number of nitrogens with one attached hydrogen (secondary N) is 1. The van der Waals surface area contributed by atoms with Crippen molar-refractivity contribution in [3.63, 3.8) is 0 Å². The van der Waals surface area contributed by atoms with Crippen LogP contribution in [-0.4, -0.2) is 23.0 Å². The molecular formula is C16H27NOS. The minimum atomic E-state index is -0.522. The van der Waals surface area contributed by atoms with Crippen molar-refractivity contribution in [3.05, 3.63) is 29.8 Å². The zero-order valence-electron chi connectivity index (χ0n) is 12.4. The number of hydrogen-bond acceptors (Lipinski definition) is 3. The standard InChI is InChI=1S/C16H27NOS/c1-4-11-17-12-14-7-9-15(10-8-14)19-13-16(18,5-2)6-3/h7-10,17-18H,4-6,11-13H2,1-3H3. The second-order valence-corrected chi connectivity index (χ2v) is 6.09. The maximum atomic E-state index is 10.3. The van der Waals surface area contributed by atoms with E-state index in [0.29, 0.717) is 0 Å². The van der Waals surface area contributed by atoms with Crippen LogP contribution in [0.1, 0.15) is 45.6 Å². The Morgan fingerprint density at radius 2 is 1.74 bits per heavy atom. The van der Waals surface area contributed by atoms with Crippen LogP contribution in [0.4, 0.5) is 0 Å². The van der Waals surface area contributed by atoms with Crippen molar-refractivity contribution < 1.29 is 5.11 Å². The molecule has 2 nitrogen and oxygen atoms in total. The normalized spacial score (nSPS) is 11.8. The van der Waals surface area contributed by atoms with E-state index in [-0.39, 0.29) is 0 Å². The molecule has 0 saturated heterocycles. The van der Waals surface area contributed by atoms with Gasteiger partial charge in [-0.15, -0.1) is 11.8 Å². The molecule has 2 N–H and O–H groups in total. The summed E-state index contributed by atoms with van der Waals surface area (Å²) in [6.07, 6.45) is 2.80. The number of hydrogen-bond donors (Lipinski definition) is 2. The third kappa shape index (κ3) is 5.98. The van der Waals surface area contributed by atoms with Gasteiger partial charge in [0.15, 0.2) is 0 Å². The molecule has 1 aromatic carbocycles. The van der Waals surface area contributed by atoms with Gasteiger partial charge in [0.2, 0.25) is 0 Å². The number of benzene rings is 1. The molecule has 0 heterocycles. The molecule has 108 valence electrons. The molecule has 0 unspecified atom stereocenters. The van der Waals surface area contributed by atoms with Crippen molar-refractivity contribution in [3.8, 4) is 0 Å². The van der Waals surface area contributed by atoms with Crippen molar-refractivity contribution in [1.29, 1.82) is 0 Å². The highest BCUT2D eigenvalue weighted by Gasteiger charge is 2.21. The molecule has 0 bridgehead atoms. The molecular weight excluding hydrogens is 254 g/mol. The SMILES string of the molecule is CCCNCc1ccc(SCC(O)(CC)CC)cc1. The van der Waals surface area contributed by atoms with E-state index in [4.69, 9.17) is 0 Å². The lowest BCUT2D eigenvalue weighted by atomic mass is 10.0. The Morgan fingerprint density at radius 3 is 2.26 bits per heavy atom. The molecule has 0 spiro atoms. The first-order valence-electron chi connectivity index (χ1n) is 7.28. The van der Waals surface area contributed by atoms with E-state index in [0.717, 1.165) is 31.7 Å². The number of aliphatic hydroxyl groups is 1. The molecule has 1 aromatic rings. The first kappa shape index (κ1) is 16.5. The Kier molecular flexibility index (Phi) is 7.51. The summed E-state index contributed by atoms with van der Waals surface area (Å²) in [6.45, 7) is 8.28. The highest BCUT2D eigenvalue weighted by atomic mass is 32.2. The van der Waals surface area contributed by atoms with Crippen molar-refractivity contribution in [2.75, 3.05) is 12.3 Å². The van der Waals surface area contributed by atoms with Crippen molar-refractivity contribution in [2.45, 2.75) is 57.1 Å². The van der Waals surface area contributed by atoms with Gasteiger partial charge < -0.3 is 10.4 Å². The maximum absolute atomic E-state index is 10.3. The molecule has 0 aliphatic carbocycles. The molecule has 0 atom stereocenters. The molecule has 3 heteroatoms. The van der Waals surface area contributed by atoms with Gasteiger partial charge in [-0.05, 0) is 43.5 Å². The molecule has 0 fully saturated rings. The number of rotatable bonds is 9. The zero-order valence-corrected chi connectivity index (χ0v) is 13.2. The molecule has 1 rings (SSSR count). The van der Waals surface area contributed by atoms with Crippen LogP contribution in [0.3, 0.4) is 0 Å².